The maximum Gasteiger partial charge on any atom is 0.313 e. The first-order valence-corrected chi connectivity index (χ1v) is 5.66. The first kappa shape index (κ1) is 15.8. The molecule has 0 heterocycles. The highest BCUT2D eigenvalue weighted by molar-refractivity contribution is 6.48. The van der Waals surface area contributed by atoms with Crippen LogP contribution in [0.15, 0.2) is 12.7 Å². The summed E-state index contributed by atoms with van der Waals surface area (Å²) in [5.74, 6) is -0.422. The first-order chi connectivity index (χ1) is 7.09. The number of carbonyl (C=O) groups excluding carboxylic acids is 1. The lowest BCUT2D eigenvalue weighted by Gasteiger charge is -2.28. The van der Waals surface area contributed by atoms with Gasteiger partial charge in [0, 0.05) is 0 Å². The summed E-state index contributed by atoms with van der Waals surface area (Å²) in [6.07, 6.45) is 0.512. The Morgan fingerprint density at radius 3 is 2.19 bits per heavy atom. The molecule has 0 aromatic rings. The topological polar surface area (TPSA) is 35.5 Å². The van der Waals surface area contributed by atoms with Gasteiger partial charge >= 0.3 is 5.97 Å². The Kier molecular flexibility index (Phi) is 5.80. The normalized spacial score (nSPS) is 14.4. The lowest BCUT2D eigenvalue weighted by atomic mass is 9.97. The van der Waals surface area contributed by atoms with Gasteiger partial charge in [0.15, 0.2) is 4.33 Å². The molecule has 0 aliphatic heterocycles. The second kappa shape index (κ2) is 5.89. The second-order valence-electron chi connectivity index (χ2n) is 4.57. The molecule has 0 bridgehead atoms. The van der Waals surface area contributed by atoms with E-state index in [0.29, 0.717) is 0 Å². The van der Waals surface area contributed by atoms with Crippen molar-refractivity contribution < 1.29 is 14.3 Å². The summed E-state index contributed by atoms with van der Waals surface area (Å²) in [5.41, 5.74) is -0.630. The average Bonchev–Trinajstić information content (AvgIpc) is 2.08. The van der Waals surface area contributed by atoms with Gasteiger partial charge in [-0.2, -0.15) is 0 Å². The fourth-order valence-corrected chi connectivity index (χ4v) is 0.928. The molecule has 1 atom stereocenters. The first-order valence-electron chi connectivity index (χ1n) is 4.90. The summed E-state index contributed by atoms with van der Waals surface area (Å²) >= 11 is 11.7. The molecule has 0 aromatic carbocycles. The van der Waals surface area contributed by atoms with Crippen LogP contribution in [0.3, 0.4) is 0 Å². The summed E-state index contributed by atoms with van der Waals surface area (Å²) < 4.78 is 9.00. The molecule has 0 spiro atoms. The summed E-state index contributed by atoms with van der Waals surface area (Å²) in [4.78, 5) is 11.6. The highest BCUT2D eigenvalue weighted by Gasteiger charge is 2.36. The number of rotatable bonds is 5. The van der Waals surface area contributed by atoms with E-state index in [1.807, 2.05) is 0 Å². The number of hydrogen-bond donors (Lipinski definition) is 0. The lowest BCUT2D eigenvalue weighted by molar-refractivity contribution is -0.187. The molecule has 0 aliphatic rings. The van der Waals surface area contributed by atoms with Crippen LogP contribution in [0, 0.1) is 5.41 Å². The Hall–Kier alpha value is -0.250. The van der Waals surface area contributed by atoms with Gasteiger partial charge in [0.1, 0.15) is 0 Å². The van der Waals surface area contributed by atoms with Crippen molar-refractivity contribution in [3.05, 3.63) is 12.7 Å². The molecular formula is C11H18Cl2O3. The van der Waals surface area contributed by atoms with Crippen LogP contribution >= 0.6 is 23.2 Å². The zero-order chi connectivity index (χ0) is 13.0. The van der Waals surface area contributed by atoms with Crippen LogP contribution in [0.4, 0.5) is 0 Å². The molecule has 3 nitrogen and oxygen atoms in total. The standard InChI is InChI=1S/C11H18Cl2O3/c1-6-7-15-9(11(5,12)13)16-8(14)10(2,3)4/h6,9H,1,7H2,2-5H3. The summed E-state index contributed by atoms with van der Waals surface area (Å²) in [6, 6.07) is 0. The van der Waals surface area contributed by atoms with E-state index in [1.165, 1.54) is 13.0 Å². The van der Waals surface area contributed by atoms with Crippen molar-refractivity contribution in [2.24, 2.45) is 5.41 Å². The smallest absolute Gasteiger partial charge is 0.313 e. The van der Waals surface area contributed by atoms with E-state index in [1.54, 1.807) is 20.8 Å². The van der Waals surface area contributed by atoms with Gasteiger partial charge in [-0.05, 0) is 27.7 Å². The van der Waals surface area contributed by atoms with E-state index in [4.69, 9.17) is 32.7 Å². The van der Waals surface area contributed by atoms with Crippen molar-refractivity contribution >= 4 is 29.2 Å². The summed E-state index contributed by atoms with van der Waals surface area (Å²) in [5, 5.41) is 0. The van der Waals surface area contributed by atoms with Crippen LogP contribution in [0.1, 0.15) is 27.7 Å². The molecule has 16 heavy (non-hydrogen) atoms. The van der Waals surface area contributed by atoms with Crippen LogP contribution < -0.4 is 0 Å². The van der Waals surface area contributed by atoms with E-state index >= 15 is 0 Å². The highest BCUT2D eigenvalue weighted by atomic mass is 35.5. The number of alkyl halides is 2. The molecule has 0 fully saturated rings. The van der Waals surface area contributed by atoms with Crippen molar-refractivity contribution in [1.29, 1.82) is 0 Å². The molecule has 0 saturated heterocycles. The molecule has 0 N–H and O–H groups in total. The maximum atomic E-state index is 11.6. The minimum atomic E-state index is -1.30. The highest BCUT2D eigenvalue weighted by Crippen LogP contribution is 2.29. The van der Waals surface area contributed by atoms with Gasteiger partial charge in [0.25, 0.3) is 0 Å². The quantitative estimate of drug-likeness (QED) is 0.332. The average molecular weight is 269 g/mol. The monoisotopic (exact) mass is 268 g/mol. The van der Waals surface area contributed by atoms with Crippen LogP contribution in [0.25, 0.3) is 0 Å². The Morgan fingerprint density at radius 1 is 1.38 bits per heavy atom. The van der Waals surface area contributed by atoms with Gasteiger partial charge in [-0.15, -0.1) is 6.58 Å². The predicted octanol–water partition coefficient (Wildman–Crippen LogP) is 3.30. The van der Waals surface area contributed by atoms with Gasteiger partial charge in [0.2, 0.25) is 6.29 Å². The molecule has 94 valence electrons. The molecule has 0 saturated carbocycles. The van der Waals surface area contributed by atoms with Crippen LogP contribution in [0.5, 0.6) is 0 Å². The van der Waals surface area contributed by atoms with E-state index in [-0.39, 0.29) is 6.61 Å². The summed E-state index contributed by atoms with van der Waals surface area (Å²) in [7, 11) is 0. The number of ether oxygens (including phenoxy) is 2. The molecule has 0 rings (SSSR count). The van der Waals surface area contributed by atoms with Gasteiger partial charge in [-0.3, -0.25) is 4.79 Å². The molecular weight excluding hydrogens is 251 g/mol. The van der Waals surface area contributed by atoms with Crippen LogP contribution in [-0.2, 0) is 14.3 Å². The van der Waals surface area contributed by atoms with Crippen molar-refractivity contribution in [3.8, 4) is 0 Å². The number of hydrogen-bond acceptors (Lipinski definition) is 3. The Bertz CT molecular complexity index is 251. The van der Waals surface area contributed by atoms with E-state index in [9.17, 15) is 4.79 Å². The zero-order valence-corrected chi connectivity index (χ0v) is 11.6. The van der Waals surface area contributed by atoms with Crippen molar-refractivity contribution in [2.45, 2.75) is 38.3 Å². The van der Waals surface area contributed by atoms with E-state index in [0.717, 1.165) is 0 Å². The van der Waals surface area contributed by atoms with Gasteiger partial charge in [-0.1, -0.05) is 29.3 Å². The fourth-order valence-electron chi connectivity index (χ4n) is 0.713. The van der Waals surface area contributed by atoms with Gasteiger partial charge in [0.05, 0.1) is 12.0 Å². The van der Waals surface area contributed by atoms with Crippen molar-refractivity contribution in [1.82, 2.24) is 0 Å². The van der Waals surface area contributed by atoms with Gasteiger partial charge in [-0.25, -0.2) is 0 Å². The number of carbonyl (C=O) groups is 1. The predicted molar refractivity (Wildman–Crippen MR) is 65.6 cm³/mol. The molecule has 1 unspecified atom stereocenters. The third kappa shape index (κ3) is 5.73. The van der Waals surface area contributed by atoms with Gasteiger partial charge < -0.3 is 9.47 Å². The number of esters is 1. The Labute approximate surface area is 107 Å². The molecule has 5 heteroatoms. The largest absolute Gasteiger partial charge is 0.432 e. The van der Waals surface area contributed by atoms with Crippen molar-refractivity contribution in [2.75, 3.05) is 6.61 Å². The SMILES string of the molecule is C=CCOC(OC(=O)C(C)(C)C)C(C)(Cl)Cl. The summed E-state index contributed by atoms with van der Waals surface area (Å²) in [6.45, 7) is 10.4. The third-order valence-corrected chi connectivity index (χ3v) is 1.96. The molecule has 0 radical (unpaired) electrons. The molecule has 0 amide bonds. The maximum absolute atomic E-state index is 11.6. The Balaban J connectivity index is 4.56. The van der Waals surface area contributed by atoms with Crippen LogP contribution in [-0.4, -0.2) is 23.2 Å². The molecule has 0 aliphatic carbocycles. The third-order valence-electron chi connectivity index (χ3n) is 1.61. The molecule has 0 aromatic heterocycles. The van der Waals surface area contributed by atoms with E-state index < -0.39 is 22.0 Å². The minimum absolute atomic E-state index is 0.205. The number of halogens is 2. The zero-order valence-electron chi connectivity index (χ0n) is 10.0. The van der Waals surface area contributed by atoms with Crippen LogP contribution in [0.2, 0.25) is 0 Å². The lowest BCUT2D eigenvalue weighted by Crippen LogP contribution is -2.39. The Morgan fingerprint density at radius 2 is 1.88 bits per heavy atom. The van der Waals surface area contributed by atoms with Crippen molar-refractivity contribution in [3.63, 3.8) is 0 Å². The fraction of sp³-hybridized carbons (Fsp3) is 0.727. The second-order valence-corrected chi connectivity index (χ2v) is 6.33. The minimum Gasteiger partial charge on any atom is -0.432 e. The van der Waals surface area contributed by atoms with E-state index in [2.05, 4.69) is 6.58 Å².